The summed E-state index contributed by atoms with van der Waals surface area (Å²) in [6.45, 7) is 0. The molecule has 20 heavy (non-hydrogen) atoms. The van der Waals surface area contributed by atoms with Gasteiger partial charge in [0.25, 0.3) is 0 Å². The summed E-state index contributed by atoms with van der Waals surface area (Å²) >= 11 is -1.85. The van der Waals surface area contributed by atoms with Crippen molar-refractivity contribution in [2.45, 2.75) is 0 Å². The minimum Gasteiger partial charge on any atom is -0.358 e. The fraction of sp³-hybridized carbons (Fsp3) is 0. The Labute approximate surface area is 137 Å². The van der Waals surface area contributed by atoms with E-state index in [9.17, 15) is 0 Å². The van der Waals surface area contributed by atoms with Crippen molar-refractivity contribution >= 4 is 32.0 Å². The molecular formula is C17H20Cl2Zr-4. The molecule has 0 aromatic heterocycles. The number of benzene rings is 1. The second-order valence-corrected chi connectivity index (χ2v) is 11.7. The van der Waals surface area contributed by atoms with Gasteiger partial charge in [-0.25, -0.2) is 12.1 Å². The molecule has 3 rings (SSSR count). The molecule has 0 aliphatic rings. The second kappa shape index (κ2) is 13.5. The predicted octanol–water partition coefficient (Wildman–Crippen LogP) is 6.21. The van der Waals surface area contributed by atoms with Crippen molar-refractivity contribution in [1.29, 1.82) is 0 Å². The second-order valence-electron chi connectivity index (χ2n) is 3.46. The van der Waals surface area contributed by atoms with Crippen LogP contribution in [0, 0.1) is 14.9 Å². The van der Waals surface area contributed by atoms with Gasteiger partial charge in [-0.15, -0.1) is 29.7 Å². The Morgan fingerprint density at radius 2 is 1.40 bits per heavy atom. The van der Waals surface area contributed by atoms with E-state index in [4.69, 9.17) is 17.0 Å². The molecule has 0 heterocycles. The topological polar surface area (TPSA) is 0 Å². The Morgan fingerprint density at radius 3 is 1.85 bits per heavy atom. The van der Waals surface area contributed by atoms with Crippen LogP contribution < -0.4 is 0 Å². The van der Waals surface area contributed by atoms with Crippen molar-refractivity contribution < 1.29 is 18.9 Å². The fourth-order valence-electron chi connectivity index (χ4n) is 1.39. The fourth-order valence-corrected chi connectivity index (χ4v) is 1.39. The number of fused-ring (bicyclic) bond motifs is 1. The third-order valence-electron chi connectivity index (χ3n) is 2.10. The van der Waals surface area contributed by atoms with Crippen LogP contribution in [0.5, 0.6) is 0 Å². The largest absolute Gasteiger partial charge is 0.358 e. The van der Waals surface area contributed by atoms with Gasteiger partial charge in [0.05, 0.1) is 0 Å². The predicted molar refractivity (Wildman–Crippen MR) is 93.2 cm³/mol. The maximum absolute atomic E-state index is 5.13. The molecule has 0 aliphatic carbocycles. The standard InChI is InChI=1S/C9H7.C5H5.2CH3.CH2.2ClH.Zr/c1-2-5-9-7-3-6-8(9)4-1;1-2-4-5-3-1;;;;;;/h1-7H;1-5H;2*1H3;1H2;2*1H;/q4*-1;;;;+2/p-2. The van der Waals surface area contributed by atoms with Gasteiger partial charge in [-0.2, -0.15) is 35.7 Å². The Balaban J connectivity index is 0. The van der Waals surface area contributed by atoms with Crippen molar-refractivity contribution in [2.75, 3.05) is 0 Å². The molecule has 0 bridgehead atoms. The molecule has 0 spiro atoms. The molecule has 0 fully saturated rings. The molecule has 0 saturated heterocycles. The zero-order chi connectivity index (χ0) is 13.2. The molecule has 0 saturated carbocycles. The summed E-state index contributed by atoms with van der Waals surface area (Å²) in [5, 5.41) is 2.66. The summed E-state index contributed by atoms with van der Waals surface area (Å²) in [4.78, 5) is 0. The van der Waals surface area contributed by atoms with E-state index in [0.29, 0.717) is 0 Å². The van der Waals surface area contributed by atoms with Gasteiger partial charge < -0.3 is 14.9 Å². The molecule has 0 nitrogen and oxygen atoms in total. The average Bonchev–Trinajstić information content (AvgIpc) is 3.03. The monoisotopic (exact) mass is 384 g/mol. The molecule has 0 unspecified atom stereocenters. The van der Waals surface area contributed by atoms with Gasteiger partial charge in [0.1, 0.15) is 0 Å². The van der Waals surface area contributed by atoms with Gasteiger partial charge in [0.15, 0.2) is 0 Å². The summed E-state index contributed by atoms with van der Waals surface area (Å²) < 4.78 is 3.37. The average molecular weight is 386 g/mol. The minimum atomic E-state index is -1.85. The van der Waals surface area contributed by atoms with Crippen LogP contribution in [0.3, 0.4) is 0 Å². The van der Waals surface area contributed by atoms with E-state index in [1.807, 2.05) is 30.3 Å². The van der Waals surface area contributed by atoms with Crippen LogP contribution in [0.1, 0.15) is 0 Å². The number of hydrogen-bond acceptors (Lipinski definition) is 0. The van der Waals surface area contributed by atoms with Crippen LogP contribution in [-0.2, 0) is 18.9 Å². The van der Waals surface area contributed by atoms with Gasteiger partial charge in [0, 0.05) is 0 Å². The quantitative estimate of drug-likeness (QED) is 0.403. The zero-order valence-corrected chi connectivity index (χ0v) is 15.9. The van der Waals surface area contributed by atoms with Crippen molar-refractivity contribution in [3.8, 4) is 0 Å². The molecule has 0 radical (unpaired) electrons. The first-order valence-electron chi connectivity index (χ1n) is 5.47. The first kappa shape index (κ1) is 21.8. The minimum absolute atomic E-state index is 0. The first-order chi connectivity index (χ1) is 8.70. The molecule has 0 atom stereocenters. The number of hydrogen-bond donors (Lipinski definition) is 0. The summed E-state index contributed by atoms with van der Waals surface area (Å²) in [6, 6.07) is 24.7. The van der Waals surface area contributed by atoms with E-state index in [-0.39, 0.29) is 14.9 Å². The van der Waals surface area contributed by atoms with E-state index in [0.717, 1.165) is 0 Å². The van der Waals surface area contributed by atoms with E-state index < -0.39 is 18.9 Å². The van der Waals surface area contributed by atoms with Crippen LogP contribution >= 0.6 is 17.0 Å². The zero-order valence-electron chi connectivity index (χ0n) is 11.9. The van der Waals surface area contributed by atoms with Crippen LogP contribution in [0.4, 0.5) is 0 Å². The van der Waals surface area contributed by atoms with Gasteiger partial charge in [-0.05, 0) is 0 Å². The molecule has 110 valence electrons. The van der Waals surface area contributed by atoms with Crippen LogP contribution in [0.2, 0.25) is 0 Å². The van der Waals surface area contributed by atoms with E-state index >= 15 is 0 Å². The Morgan fingerprint density at radius 1 is 0.850 bits per heavy atom. The van der Waals surface area contributed by atoms with E-state index in [1.54, 1.807) is 0 Å². The molecule has 3 heteroatoms. The SMILES string of the molecule is [CH2]=[Zr]([Cl])[Cl].[CH3-].[CH3-].c1cc[cH-]c1.c1ccc2[cH-]ccc2c1. The summed E-state index contributed by atoms with van der Waals surface area (Å²) in [6.07, 6.45) is 0. The van der Waals surface area contributed by atoms with Gasteiger partial charge >= 0.3 is 40.1 Å². The van der Waals surface area contributed by atoms with Crippen LogP contribution in [0.25, 0.3) is 10.8 Å². The molecule has 0 aliphatic heterocycles. The maximum Gasteiger partial charge on any atom is -0.0809 e. The number of rotatable bonds is 0. The summed E-state index contributed by atoms with van der Waals surface area (Å²) in [7, 11) is 10.3. The molecule has 3 aromatic carbocycles. The molecule has 0 N–H and O–H groups in total. The first-order valence-corrected chi connectivity index (χ1v) is 13.5. The van der Waals surface area contributed by atoms with Crippen molar-refractivity contribution in [3.63, 3.8) is 0 Å². The van der Waals surface area contributed by atoms with Crippen molar-refractivity contribution in [2.24, 2.45) is 0 Å². The summed E-state index contributed by atoms with van der Waals surface area (Å²) in [5.74, 6) is 0. The van der Waals surface area contributed by atoms with Crippen LogP contribution in [-0.4, -0.2) is 4.21 Å². The smallest absolute Gasteiger partial charge is 0.0809 e. The number of halogens is 2. The van der Waals surface area contributed by atoms with Gasteiger partial charge in [0.2, 0.25) is 0 Å². The van der Waals surface area contributed by atoms with Crippen LogP contribution in [0.15, 0.2) is 72.8 Å². The van der Waals surface area contributed by atoms with Gasteiger partial charge in [-0.1, -0.05) is 6.07 Å². The van der Waals surface area contributed by atoms with E-state index in [1.165, 1.54) is 10.8 Å². The third kappa shape index (κ3) is 10.3. The normalized spacial score (nSPS) is 7.90. The van der Waals surface area contributed by atoms with Crippen molar-refractivity contribution in [1.82, 2.24) is 0 Å². The maximum atomic E-state index is 5.13. The Bertz CT molecular complexity index is 502. The Kier molecular flexibility index (Phi) is 14.7. The third-order valence-corrected chi connectivity index (χ3v) is 2.10. The molecule has 3 aromatic rings. The van der Waals surface area contributed by atoms with Gasteiger partial charge in [-0.3, -0.25) is 0 Å². The molecular weight excluding hydrogens is 366 g/mol. The summed E-state index contributed by atoms with van der Waals surface area (Å²) in [5.41, 5.74) is 0. The van der Waals surface area contributed by atoms with E-state index in [2.05, 4.69) is 46.7 Å². The molecule has 0 amide bonds. The Hall–Kier alpha value is -0.487. The van der Waals surface area contributed by atoms with Crippen molar-refractivity contribution in [3.05, 3.63) is 87.6 Å².